The second kappa shape index (κ2) is 8.17. The number of nitrogens with one attached hydrogen (secondary N) is 1. The van der Waals surface area contributed by atoms with E-state index in [9.17, 15) is 9.18 Å². The summed E-state index contributed by atoms with van der Waals surface area (Å²) < 4.78 is 14.0. The first-order valence-electron chi connectivity index (χ1n) is 10.1. The van der Waals surface area contributed by atoms with Crippen molar-refractivity contribution in [2.24, 2.45) is 0 Å². The number of rotatable bonds is 3. The second-order valence-corrected chi connectivity index (χ2v) is 7.83. The van der Waals surface area contributed by atoms with Gasteiger partial charge in [-0.15, -0.1) is 0 Å². The number of nitrogens with zero attached hydrogens (tertiary/aromatic N) is 3. The molecule has 0 spiro atoms. The number of halogens is 1. The van der Waals surface area contributed by atoms with E-state index in [0.29, 0.717) is 31.4 Å². The van der Waals surface area contributed by atoms with E-state index in [1.54, 1.807) is 12.3 Å². The van der Waals surface area contributed by atoms with Crippen LogP contribution in [0.4, 0.5) is 20.7 Å². The van der Waals surface area contributed by atoms with Crippen molar-refractivity contribution in [2.75, 3.05) is 29.9 Å². The van der Waals surface area contributed by atoms with Gasteiger partial charge in [0.15, 0.2) is 11.6 Å². The third-order valence-electron chi connectivity index (χ3n) is 5.92. The highest BCUT2D eigenvalue weighted by Gasteiger charge is 2.29. The Morgan fingerprint density at radius 1 is 1.14 bits per heavy atom. The van der Waals surface area contributed by atoms with Gasteiger partial charge in [0.2, 0.25) is 0 Å². The number of urea groups is 1. The van der Waals surface area contributed by atoms with E-state index >= 15 is 0 Å². The van der Waals surface area contributed by atoms with E-state index < -0.39 is 0 Å². The number of carbonyl (C=O) groups excluding carboxylic acids is 1. The van der Waals surface area contributed by atoms with Crippen molar-refractivity contribution >= 4 is 17.5 Å². The fourth-order valence-corrected chi connectivity index (χ4v) is 4.35. The number of pyridine rings is 1. The van der Waals surface area contributed by atoms with Gasteiger partial charge in [0, 0.05) is 37.6 Å². The molecule has 1 saturated carbocycles. The van der Waals surface area contributed by atoms with Crippen molar-refractivity contribution in [1.29, 1.82) is 0 Å². The lowest BCUT2D eigenvalue weighted by Crippen LogP contribution is -2.55. The van der Waals surface area contributed by atoms with Crippen molar-refractivity contribution in [3.05, 3.63) is 54.0 Å². The molecule has 5 nitrogen and oxygen atoms in total. The van der Waals surface area contributed by atoms with Crippen molar-refractivity contribution in [1.82, 2.24) is 9.88 Å². The number of hydrogen-bond acceptors (Lipinski definition) is 3. The van der Waals surface area contributed by atoms with Crippen LogP contribution in [0.3, 0.4) is 0 Å². The summed E-state index contributed by atoms with van der Waals surface area (Å²) in [7, 11) is 0. The molecular formula is C22H27FN4O. The van der Waals surface area contributed by atoms with Crippen LogP contribution < -0.4 is 10.2 Å². The molecule has 4 rings (SSSR count). The number of amides is 2. The lowest BCUT2D eigenvalue weighted by Gasteiger charge is -2.40. The number of piperazine rings is 1. The average Bonchev–Trinajstić information content (AvgIpc) is 3.23. The highest BCUT2D eigenvalue weighted by molar-refractivity contribution is 5.89. The van der Waals surface area contributed by atoms with E-state index in [1.807, 2.05) is 28.9 Å². The summed E-state index contributed by atoms with van der Waals surface area (Å²) in [5, 5.41) is 3.00. The molecule has 2 fully saturated rings. The number of hydrogen-bond donors (Lipinski definition) is 1. The molecule has 6 heteroatoms. The monoisotopic (exact) mass is 382 g/mol. The Kier molecular flexibility index (Phi) is 5.46. The Labute approximate surface area is 165 Å². The fraction of sp³-hybridized carbons (Fsp3) is 0.455. The average molecular weight is 382 g/mol. The lowest BCUT2D eigenvalue weighted by molar-refractivity contribution is 0.184. The molecule has 2 heterocycles. The molecule has 28 heavy (non-hydrogen) atoms. The molecule has 1 aromatic heterocycles. The molecular weight excluding hydrogens is 355 g/mol. The quantitative estimate of drug-likeness (QED) is 0.843. The third-order valence-corrected chi connectivity index (χ3v) is 5.92. The molecule has 2 aliphatic rings. The van der Waals surface area contributed by atoms with Crippen molar-refractivity contribution in [2.45, 2.75) is 44.6 Å². The van der Waals surface area contributed by atoms with Gasteiger partial charge in [0.1, 0.15) is 0 Å². The molecule has 1 atom stereocenters. The smallest absolute Gasteiger partial charge is 0.322 e. The summed E-state index contributed by atoms with van der Waals surface area (Å²) >= 11 is 0. The Balaban J connectivity index is 1.36. The van der Waals surface area contributed by atoms with Gasteiger partial charge < -0.3 is 15.1 Å². The largest absolute Gasteiger partial charge is 0.350 e. The minimum absolute atomic E-state index is 0.0343. The van der Waals surface area contributed by atoms with Crippen molar-refractivity contribution in [3.8, 4) is 0 Å². The zero-order valence-electron chi connectivity index (χ0n) is 16.3. The third kappa shape index (κ3) is 3.96. The molecule has 1 aromatic carbocycles. The van der Waals surface area contributed by atoms with Crippen LogP contribution in [0.25, 0.3) is 0 Å². The van der Waals surface area contributed by atoms with Crippen LogP contribution in [0.1, 0.15) is 44.1 Å². The zero-order valence-corrected chi connectivity index (χ0v) is 16.3. The van der Waals surface area contributed by atoms with Gasteiger partial charge in [-0.25, -0.2) is 14.2 Å². The normalized spacial score (nSPS) is 20.4. The van der Waals surface area contributed by atoms with Gasteiger partial charge in [-0.2, -0.15) is 0 Å². The van der Waals surface area contributed by atoms with E-state index in [1.165, 1.54) is 37.3 Å². The molecule has 0 bridgehead atoms. The predicted molar refractivity (Wildman–Crippen MR) is 109 cm³/mol. The fourth-order valence-electron chi connectivity index (χ4n) is 4.35. The van der Waals surface area contributed by atoms with Gasteiger partial charge in [0.25, 0.3) is 0 Å². The van der Waals surface area contributed by atoms with Crippen LogP contribution >= 0.6 is 0 Å². The van der Waals surface area contributed by atoms with Gasteiger partial charge >= 0.3 is 6.03 Å². The first-order chi connectivity index (χ1) is 13.6. The zero-order chi connectivity index (χ0) is 19.5. The highest BCUT2D eigenvalue weighted by Crippen LogP contribution is 2.34. The molecule has 1 aliphatic heterocycles. The summed E-state index contributed by atoms with van der Waals surface area (Å²) in [6.07, 6.45) is 6.76. The summed E-state index contributed by atoms with van der Waals surface area (Å²) in [6.45, 7) is 3.63. The molecule has 0 radical (unpaired) electrons. The van der Waals surface area contributed by atoms with Crippen LogP contribution in [-0.2, 0) is 0 Å². The van der Waals surface area contributed by atoms with Crippen LogP contribution in [0.2, 0.25) is 0 Å². The molecule has 148 valence electrons. The predicted octanol–water partition coefficient (Wildman–Crippen LogP) is 4.62. The summed E-state index contributed by atoms with van der Waals surface area (Å²) in [4.78, 5) is 20.6. The van der Waals surface area contributed by atoms with Crippen molar-refractivity contribution < 1.29 is 9.18 Å². The van der Waals surface area contributed by atoms with E-state index in [-0.39, 0.29) is 17.9 Å². The van der Waals surface area contributed by atoms with Crippen LogP contribution in [0, 0.1) is 5.82 Å². The van der Waals surface area contributed by atoms with E-state index in [2.05, 4.69) is 22.4 Å². The SMILES string of the molecule is CC1CN(c2ncccc2F)CCN1C(=O)Nc1ccc(C2CCCC2)cc1. The van der Waals surface area contributed by atoms with Crippen molar-refractivity contribution in [3.63, 3.8) is 0 Å². The summed E-state index contributed by atoms with van der Waals surface area (Å²) in [5.74, 6) is 0.705. The first kappa shape index (κ1) is 18.7. The van der Waals surface area contributed by atoms with Crippen LogP contribution in [0.5, 0.6) is 0 Å². The Morgan fingerprint density at radius 2 is 1.89 bits per heavy atom. The van der Waals surface area contributed by atoms with Gasteiger partial charge in [-0.3, -0.25) is 0 Å². The Hall–Kier alpha value is -2.63. The molecule has 1 unspecified atom stereocenters. The molecule has 1 saturated heterocycles. The van der Waals surface area contributed by atoms with E-state index in [0.717, 1.165) is 5.69 Å². The highest BCUT2D eigenvalue weighted by atomic mass is 19.1. The van der Waals surface area contributed by atoms with Gasteiger partial charge in [-0.05, 0) is 55.5 Å². The number of anilines is 2. The van der Waals surface area contributed by atoms with Crippen LogP contribution in [0.15, 0.2) is 42.6 Å². The lowest BCUT2D eigenvalue weighted by atomic mass is 9.98. The van der Waals surface area contributed by atoms with Gasteiger partial charge in [0.05, 0.1) is 0 Å². The Morgan fingerprint density at radius 3 is 2.57 bits per heavy atom. The molecule has 2 amide bonds. The standard InChI is InChI=1S/C22H27FN4O/c1-16-15-26(21-20(23)7-4-12-24-21)13-14-27(16)22(28)25-19-10-8-18(9-11-19)17-5-2-3-6-17/h4,7-12,16-17H,2-3,5-6,13-15H2,1H3,(H,25,28). The second-order valence-electron chi connectivity index (χ2n) is 7.83. The Bertz CT molecular complexity index is 820. The maximum absolute atomic E-state index is 14.0. The molecule has 2 aromatic rings. The topological polar surface area (TPSA) is 48.5 Å². The number of carbonyl (C=O) groups is 1. The summed E-state index contributed by atoms with van der Waals surface area (Å²) in [6, 6.07) is 11.1. The maximum Gasteiger partial charge on any atom is 0.322 e. The van der Waals surface area contributed by atoms with Gasteiger partial charge in [-0.1, -0.05) is 25.0 Å². The number of aromatic nitrogens is 1. The number of benzene rings is 1. The molecule has 1 aliphatic carbocycles. The maximum atomic E-state index is 14.0. The van der Waals surface area contributed by atoms with Crippen LogP contribution in [-0.4, -0.2) is 41.6 Å². The minimum Gasteiger partial charge on any atom is -0.350 e. The first-order valence-corrected chi connectivity index (χ1v) is 10.1. The molecule has 1 N–H and O–H groups in total. The minimum atomic E-state index is -0.324. The van der Waals surface area contributed by atoms with E-state index in [4.69, 9.17) is 0 Å². The summed E-state index contributed by atoms with van der Waals surface area (Å²) in [5.41, 5.74) is 2.19.